The van der Waals surface area contributed by atoms with Crippen molar-refractivity contribution < 1.29 is 4.52 Å². The molecule has 2 saturated heterocycles. The fraction of sp³-hybridized carbons (Fsp3) is 0.632. The minimum atomic E-state index is 0. The monoisotopic (exact) mass is 375 g/mol. The van der Waals surface area contributed by atoms with Crippen LogP contribution < -0.4 is 10.2 Å². The third-order valence-electron chi connectivity index (χ3n) is 6.22. The van der Waals surface area contributed by atoms with E-state index in [0.29, 0.717) is 17.2 Å². The third-order valence-corrected chi connectivity index (χ3v) is 6.22. The quantitative estimate of drug-likeness (QED) is 0.886. The molecule has 3 fully saturated rings. The second-order valence-electron chi connectivity index (χ2n) is 7.78. The van der Waals surface area contributed by atoms with E-state index in [4.69, 9.17) is 4.52 Å². The van der Waals surface area contributed by atoms with Crippen molar-refractivity contribution in [2.24, 2.45) is 5.41 Å². The highest BCUT2D eigenvalue weighted by molar-refractivity contribution is 5.85. The van der Waals surface area contributed by atoms with Crippen molar-refractivity contribution in [3.8, 4) is 11.4 Å². The van der Waals surface area contributed by atoms with Gasteiger partial charge in [0, 0.05) is 30.8 Å². The highest BCUT2D eigenvalue weighted by Gasteiger charge is 2.57. The van der Waals surface area contributed by atoms with Gasteiger partial charge in [-0.2, -0.15) is 4.98 Å². The molecule has 0 amide bonds. The number of anilines is 1. The fourth-order valence-corrected chi connectivity index (χ4v) is 4.50. The first-order valence-corrected chi connectivity index (χ1v) is 9.60. The lowest BCUT2D eigenvalue weighted by Gasteiger charge is -2.27. The van der Waals surface area contributed by atoms with E-state index in [9.17, 15) is 0 Å². The van der Waals surface area contributed by atoms with E-state index in [-0.39, 0.29) is 12.4 Å². The average molecular weight is 376 g/mol. The number of nitrogens with one attached hydrogen (secondary N) is 1. The van der Waals surface area contributed by atoms with Crippen LogP contribution in [0.5, 0.6) is 0 Å². The van der Waals surface area contributed by atoms with Gasteiger partial charge in [-0.3, -0.25) is 0 Å². The van der Waals surface area contributed by atoms with E-state index in [1.54, 1.807) is 0 Å². The maximum Gasteiger partial charge on any atom is 0.230 e. The van der Waals surface area contributed by atoms with Crippen LogP contribution in [0.3, 0.4) is 0 Å². The molecule has 0 radical (unpaired) electrons. The van der Waals surface area contributed by atoms with Gasteiger partial charge in [-0.05, 0) is 69.2 Å². The minimum absolute atomic E-state index is 0. The number of halogens is 1. The van der Waals surface area contributed by atoms with Gasteiger partial charge in [-0.1, -0.05) is 5.16 Å². The Morgan fingerprint density at radius 2 is 1.92 bits per heavy atom. The summed E-state index contributed by atoms with van der Waals surface area (Å²) in [5, 5.41) is 7.65. The van der Waals surface area contributed by atoms with Gasteiger partial charge in [0.05, 0.1) is 0 Å². The topological polar surface area (TPSA) is 67.1 Å². The molecular weight excluding hydrogens is 350 g/mol. The molecule has 3 aliphatic rings. The number of rotatable bonds is 3. The van der Waals surface area contributed by atoms with Crippen molar-refractivity contribution in [2.45, 2.75) is 44.4 Å². The Hall–Kier alpha value is -1.66. The summed E-state index contributed by atoms with van der Waals surface area (Å²) in [5.74, 6) is 3.00. The van der Waals surface area contributed by atoms with Crippen LogP contribution in [-0.4, -0.2) is 41.3 Å². The lowest BCUT2D eigenvalue weighted by molar-refractivity contribution is 0.311. The highest BCUT2D eigenvalue weighted by atomic mass is 35.5. The average Bonchev–Trinajstić information content (AvgIpc) is 3.15. The molecule has 140 valence electrons. The predicted molar refractivity (Wildman–Crippen MR) is 103 cm³/mol. The molecular formula is C19H26ClN5O. The summed E-state index contributed by atoms with van der Waals surface area (Å²) in [7, 11) is 0. The van der Waals surface area contributed by atoms with Crippen molar-refractivity contribution in [2.75, 3.05) is 31.1 Å². The Kier molecular flexibility index (Phi) is 4.88. The summed E-state index contributed by atoms with van der Waals surface area (Å²) in [5.41, 5.74) is 1.36. The van der Waals surface area contributed by atoms with Crippen molar-refractivity contribution in [3.63, 3.8) is 0 Å². The molecule has 1 saturated carbocycles. The molecule has 0 bridgehead atoms. The van der Waals surface area contributed by atoms with Crippen LogP contribution in [0, 0.1) is 5.41 Å². The van der Waals surface area contributed by atoms with E-state index in [2.05, 4.69) is 37.5 Å². The van der Waals surface area contributed by atoms with Gasteiger partial charge < -0.3 is 14.7 Å². The smallest absolute Gasteiger partial charge is 0.230 e. The SMILES string of the molecule is Cl.c1cc(N2CCCCC2)ncc1-c1noc(C2CC23CCNCC3)n1. The standard InChI is InChI=1S/C19H25N5O.ClH/c1-2-10-24(11-3-1)16-5-4-14(13-21-16)17-22-18(25-23-17)15-12-19(15)6-8-20-9-7-19;/h4-5,13,15,20H,1-3,6-12H2;1H. The molecule has 1 aliphatic carbocycles. The van der Waals surface area contributed by atoms with Crippen molar-refractivity contribution in [1.82, 2.24) is 20.4 Å². The molecule has 2 aromatic heterocycles. The Morgan fingerprint density at radius 1 is 1.12 bits per heavy atom. The normalized spacial score (nSPS) is 24.3. The first-order chi connectivity index (χ1) is 12.3. The van der Waals surface area contributed by atoms with E-state index < -0.39 is 0 Å². The summed E-state index contributed by atoms with van der Waals surface area (Å²) in [4.78, 5) is 11.7. The Bertz CT molecular complexity index is 735. The van der Waals surface area contributed by atoms with Crippen LogP contribution in [0.25, 0.3) is 11.4 Å². The van der Waals surface area contributed by atoms with Gasteiger partial charge in [0.2, 0.25) is 11.7 Å². The van der Waals surface area contributed by atoms with Crippen LogP contribution >= 0.6 is 12.4 Å². The highest BCUT2D eigenvalue weighted by Crippen LogP contribution is 2.63. The molecule has 7 heteroatoms. The first-order valence-electron chi connectivity index (χ1n) is 9.60. The van der Waals surface area contributed by atoms with E-state index >= 15 is 0 Å². The zero-order chi connectivity index (χ0) is 16.7. The maximum atomic E-state index is 5.60. The van der Waals surface area contributed by atoms with Gasteiger partial charge in [0.15, 0.2) is 0 Å². The van der Waals surface area contributed by atoms with Crippen LogP contribution in [0.15, 0.2) is 22.9 Å². The van der Waals surface area contributed by atoms with Crippen molar-refractivity contribution in [3.05, 3.63) is 24.2 Å². The van der Waals surface area contributed by atoms with Crippen molar-refractivity contribution >= 4 is 18.2 Å². The second kappa shape index (κ2) is 7.16. The van der Waals surface area contributed by atoms with Crippen LogP contribution in [0.1, 0.15) is 50.3 Å². The van der Waals surface area contributed by atoms with Crippen molar-refractivity contribution in [1.29, 1.82) is 0 Å². The molecule has 6 nitrogen and oxygen atoms in total. The molecule has 2 aromatic rings. The molecule has 2 aliphatic heterocycles. The minimum Gasteiger partial charge on any atom is -0.357 e. The summed E-state index contributed by atoms with van der Waals surface area (Å²) < 4.78 is 5.60. The maximum absolute atomic E-state index is 5.60. The molecule has 4 heterocycles. The Labute approximate surface area is 160 Å². The number of pyridine rings is 1. The van der Waals surface area contributed by atoms with Crippen LogP contribution in [0.2, 0.25) is 0 Å². The van der Waals surface area contributed by atoms with E-state index in [0.717, 1.165) is 43.5 Å². The van der Waals surface area contributed by atoms with Crippen LogP contribution in [-0.2, 0) is 0 Å². The fourth-order valence-electron chi connectivity index (χ4n) is 4.50. The molecule has 1 atom stereocenters. The number of aromatic nitrogens is 3. The van der Waals surface area contributed by atoms with Gasteiger partial charge in [-0.25, -0.2) is 4.98 Å². The third kappa shape index (κ3) is 3.21. The second-order valence-corrected chi connectivity index (χ2v) is 7.78. The molecule has 1 unspecified atom stereocenters. The zero-order valence-corrected chi connectivity index (χ0v) is 15.8. The predicted octanol–water partition coefficient (Wildman–Crippen LogP) is 3.40. The Balaban J connectivity index is 0.00000168. The number of hydrogen-bond acceptors (Lipinski definition) is 6. The van der Waals surface area contributed by atoms with Gasteiger partial charge in [0.1, 0.15) is 5.82 Å². The zero-order valence-electron chi connectivity index (χ0n) is 15.0. The molecule has 1 N–H and O–H groups in total. The van der Waals surface area contributed by atoms with Gasteiger partial charge >= 0.3 is 0 Å². The summed E-state index contributed by atoms with van der Waals surface area (Å²) >= 11 is 0. The molecule has 0 aromatic carbocycles. The summed E-state index contributed by atoms with van der Waals surface area (Å²) in [6, 6.07) is 4.15. The lowest BCUT2D eigenvalue weighted by atomic mass is 9.92. The van der Waals surface area contributed by atoms with E-state index in [1.165, 1.54) is 38.5 Å². The summed E-state index contributed by atoms with van der Waals surface area (Å²) in [6.45, 7) is 4.44. The summed E-state index contributed by atoms with van der Waals surface area (Å²) in [6.07, 6.45) is 9.38. The first kappa shape index (κ1) is 17.7. The molecule has 1 spiro atoms. The lowest BCUT2D eigenvalue weighted by Crippen LogP contribution is -2.29. The van der Waals surface area contributed by atoms with Crippen LogP contribution in [0.4, 0.5) is 5.82 Å². The van der Waals surface area contributed by atoms with E-state index in [1.807, 2.05) is 6.20 Å². The number of nitrogens with zero attached hydrogens (tertiary/aromatic N) is 4. The van der Waals surface area contributed by atoms with Gasteiger partial charge in [0.25, 0.3) is 0 Å². The molecule has 26 heavy (non-hydrogen) atoms. The number of piperidine rings is 2. The Morgan fingerprint density at radius 3 is 2.65 bits per heavy atom. The van der Waals surface area contributed by atoms with Gasteiger partial charge in [-0.15, -0.1) is 12.4 Å². The molecule has 5 rings (SSSR count). The largest absolute Gasteiger partial charge is 0.357 e. The number of hydrogen-bond donors (Lipinski definition) is 1.